The van der Waals surface area contributed by atoms with Crippen LogP contribution in [0.3, 0.4) is 0 Å². The average molecular weight is 381 g/mol. The highest BCUT2D eigenvalue weighted by molar-refractivity contribution is 5.85. The highest BCUT2D eigenvalue weighted by atomic mass is 16.5. The number of carboxylic acid groups (broad SMARTS) is 1. The Labute approximate surface area is 163 Å². The van der Waals surface area contributed by atoms with Gasteiger partial charge in [-0.15, -0.1) is 0 Å². The number of imidazole rings is 1. The fraction of sp³-hybridized carbons (Fsp3) is 0.286. The summed E-state index contributed by atoms with van der Waals surface area (Å²) in [4.78, 5) is 28.5. The molecule has 0 aliphatic heterocycles. The van der Waals surface area contributed by atoms with E-state index in [4.69, 9.17) is 4.74 Å². The summed E-state index contributed by atoms with van der Waals surface area (Å²) in [5, 5.41) is 11.9. The second kappa shape index (κ2) is 8.56. The highest BCUT2D eigenvalue weighted by Crippen LogP contribution is 2.18. The summed E-state index contributed by atoms with van der Waals surface area (Å²) >= 11 is 0. The molecule has 0 fully saturated rings. The van der Waals surface area contributed by atoms with E-state index in [0.29, 0.717) is 11.6 Å². The number of hydrogen-bond acceptors (Lipinski definition) is 4. The van der Waals surface area contributed by atoms with Gasteiger partial charge in [-0.25, -0.2) is 9.78 Å². The fourth-order valence-corrected chi connectivity index (χ4v) is 2.95. The van der Waals surface area contributed by atoms with Crippen molar-refractivity contribution in [1.29, 1.82) is 0 Å². The Morgan fingerprint density at radius 1 is 1.11 bits per heavy atom. The fourth-order valence-electron chi connectivity index (χ4n) is 2.95. The second-order valence-electron chi connectivity index (χ2n) is 6.83. The first-order valence-corrected chi connectivity index (χ1v) is 9.10. The maximum atomic E-state index is 12.5. The van der Waals surface area contributed by atoms with Crippen molar-refractivity contribution in [1.82, 2.24) is 14.9 Å². The lowest BCUT2D eigenvalue weighted by molar-refractivity contribution is -0.143. The lowest BCUT2D eigenvalue weighted by atomic mass is 10.1. The molecule has 3 rings (SSSR count). The zero-order chi connectivity index (χ0) is 20.1. The first-order chi connectivity index (χ1) is 13.5. The minimum absolute atomic E-state index is 0.0372. The van der Waals surface area contributed by atoms with Gasteiger partial charge in [-0.05, 0) is 30.2 Å². The third-order valence-corrected chi connectivity index (χ3v) is 4.40. The lowest BCUT2D eigenvalue weighted by Crippen LogP contribution is -2.45. The Morgan fingerprint density at radius 2 is 1.79 bits per heavy atom. The number of hydrogen-bond donors (Lipinski definition) is 2. The van der Waals surface area contributed by atoms with Gasteiger partial charge < -0.3 is 19.7 Å². The van der Waals surface area contributed by atoms with Gasteiger partial charge in [0.05, 0.1) is 11.0 Å². The molecule has 1 atom stereocenters. The second-order valence-corrected chi connectivity index (χ2v) is 6.83. The van der Waals surface area contributed by atoms with E-state index in [1.807, 2.05) is 54.6 Å². The number of rotatable bonds is 8. The molecular formula is C21H23N3O4. The Hall–Kier alpha value is -3.35. The van der Waals surface area contributed by atoms with Crippen molar-refractivity contribution in [3.05, 3.63) is 60.4 Å². The molecule has 3 aromatic rings. The van der Waals surface area contributed by atoms with E-state index < -0.39 is 12.0 Å². The van der Waals surface area contributed by atoms with Crippen LogP contribution < -0.4 is 10.1 Å². The molecule has 1 aromatic heterocycles. The molecule has 0 saturated heterocycles. The van der Waals surface area contributed by atoms with Crippen LogP contribution in [0.5, 0.6) is 5.75 Å². The van der Waals surface area contributed by atoms with Gasteiger partial charge in [0.2, 0.25) is 5.91 Å². The van der Waals surface area contributed by atoms with Crippen LogP contribution in [0, 0.1) is 5.92 Å². The average Bonchev–Trinajstić information content (AvgIpc) is 3.02. The summed E-state index contributed by atoms with van der Waals surface area (Å²) in [6.07, 6.45) is 0. The Balaban J connectivity index is 1.82. The van der Waals surface area contributed by atoms with Gasteiger partial charge in [0.25, 0.3) is 0 Å². The number of carboxylic acids is 1. The van der Waals surface area contributed by atoms with Crippen molar-refractivity contribution < 1.29 is 19.4 Å². The lowest BCUT2D eigenvalue weighted by Gasteiger charge is -2.18. The topological polar surface area (TPSA) is 93.5 Å². The Kier molecular flexibility index (Phi) is 5.93. The number of aliphatic carboxylic acids is 1. The van der Waals surface area contributed by atoms with E-state index in [1.54, 1.807) is 18.4 Å². The number of aromatic nitrogens is 2. The molecular weight excluding hydrogens is 358 g/mol. The monoisotopic (exact) mass is 381 g/mol. The van der Waals surface area contributed by atoms with Gasteiger partial charge in [0.15, 0.2) is 0 Å². The minimum Gasteiger partial charge on any atom is -0.486 e. The van der Waals surface area contributed by atoms with Gasteiger partial charge in [-0.2, -0.15) is 0 Å². The number of fused-ring (bicyclic) bond motifs is 1. The van der Waals surface area contributed by atoms with Crippen LogP contribution in [0.2, 0.25) is 0 Å². The van der Waals surface area contributed by atoms with E-state index in [1.165, 1.54) is 0 Å². The summed E-state index contributed by atoms with van der Waals surface area (Å²) in [5.74, 6) is -0.355. The molecule has 146 valence electrons. The molecule has 7 heteroatoms. The van der Waals surface area contributed by atoms with Crippen LogP contribution in [0.15, 0.2) is 54.6 Å². The number of carbonyl (C=O) groups excluding carboxylic acids is 1. The van der Waals surface area contributed by atoms with Crippen LogP contribution in [-0.4, -0.2) is 32.6 Å². The highest BCUT2D eigenvalue weighted by Gasteiger charge is 2.24. The third-order valence-electron chi connectivity index (χ3n) is 4.40. The molecule has 0 radical (unpaired) electrons. The van der Waals surface area contributed by atoms with Crippen molar-refractivity contribution in [3.8, 4) is 5.75 Å². The first-order valence-electron chi connectivity index (χ1n) is 9.10. The van der Waals surface area contributed by atoms with E-state index >= 15 is 0 Å². The zero-order valence-electron chi connectivity index (χ0n) is 15.8. The van der Waals surface area contributed by atoms with Gasteiger partial charge in [0, 0.05) is 0 Å². The molecule has 0 unspecified atom stereocenters. The van der Waals surface area contributed by atoms with Crippen molar-refractivity contribution in [2.75, 3.05) is 0 Å². The van der Waals surface area contributed by atoms with Crippen molar-refractivity contribution in [3.63, 3.8) is 0 Å². The molecule has 0 saturated carbocycles. The van der Waals surface area contributed by atoms with Crippen LogP contribution in [0.4, 0.5) is 0 Å². The first kappa shape index (κ1) is 19.4. The van der Waals surface area contributed by atoms with Crippen LogP contribution in [-0.2, 0) is 22.7 Å². The Morgan fingerprint density at radius 3 is 2.46 bits per heavy atom. The van der Waals surface area contributed by atoms with Gasteiger partial charge in [0.1, 0.15) is 30.8 Å². The number of amides is 1. The van der Waals surface area contributed by atoms with Crippen LogP contribution in [0.1, 0.15) is 19.7 Å². The van der Waals surface area contributed by atoms with E-state index in [0.717, 1.165) is 11.0 Å². The molecule has 0 aliphatic rings. The normalized spacial score (nSPS) is 12.1. The quantitative estimate of drug-likeness (QED) is 0.626. The molecule has 28 heavy (non-hydrogen) atoms. The molecule has 2 N–H and O–H groups in total. The number of para-hydroxylation sites is 3. The molecule has 2 aromatic carbocycles. The zero-order valence-corrected chi connectivity index (χ0v) is 15.8. The predicted molar refractivity (Wildman–Crippen MR) is 105 cm³/mol. The van der Waals surface area contributed by atoms with Crippen molar-refractivity contribution in [2.45, 2.75) is 33.0 Å². The molecule has 1 amide bonds. The molecule has 1 heterocycles. The van der Waals surface area contributed by atoms with Crippen molar-refractivity contribution >= 4 is 22.9 Å². The summed E-state index contributed by atoms with van der Waals surface area (Å²) in [6, 6.07) is 15.9. The predicted octanol–water partition coefficient (Wildman–Crippen LogP) is 2.84. The largest absolute Gasteiger partial charge is 0.486 e. The molecule has 0 aliphatic carbocycles. The van der Waals surface area contributed by atoms with Gasteiger partial charge >= 0.3 is 5.97 Å². The minimum atomic E-state index is -1.05. The maximum absolute atomic E-state index is 12.5. The molecule has 7 nitrogen and oxygen atoms in total. The van der Waals surface area contributed by atoms with Crippen LogP contribution in [0.25, 0.3) is 11.0 Å². The Bertz CT molecular complexity index is 966. The van der Waals surface area contributed by atoms with Crippen LogP contribution >= 0.6 is 0 Å². The van der Waals surface area contributed by atoms with E-state index in [9.17, 15) is 14.7 Å². The SMILES string of the molecule is CC(C)[C@H](NC(=O)Cn1c(COc2ccccc2)nc2ccccc21)C(=O)O. The summed E-state index contributed by atoms with van der Waals surface area (Å²) in [6.45, 7) is 3.67. The van der Waals surface area contributed by atoms with Gasteiger partial charge in [-0.1, -0.05) is 44.2 Å². The maximum Gasteiger partial charge on any atom is 0.326 e. The summed E-state index contributed by atoms with van der Waals surface area (Å²) < 4.78 is 7.55. The number of nitrogens with zero attached hydrogens (tertiary/aromatic N) is 2. The number of carbonyl (C=O) groups is 2. The van der Waals surface area contributed by atoms with E-state index in [2.05, 4.69) is 10.3 Å². The van der Waals surface area contributed by atoms with Crippen molar-refractivity contribution in [2.24, 2.45) is 5.92 Å². The molecule has 0 spiro atoms. The number of nitrogens with one attached hydrogen (secondary N) is 1. The summed E-state index contributed by atoms with van der Waals surface area (Å²) in [5.41, 5.74) is 1.54. The molecule has 0 bridgehead atoms. The third kappa shape index (κ3) is 4.49. The number of ether oxygens (including phenoxy) is 1. The smallest absolute Gasteiger partial charge is 0.326 e. The standard InChI is InChI=1S/C21H23N3O4/c1-14(2)20(21(26)27)23-19(25)12-24-17-11-7-6-10-16(17)22-18(24)13-28-15-8-4-3-5-9-15/h3-11,14,20H,12-13H2,1-2H3,(H,23,25)(H,26,27)/t20-/m0/s1. The van der Waals surface area contributed by atoms with Gasteiger partial charge in [-0.3, -0.25) is 4.79 Å². The van der Waals surface area contributed by atoms with E-state index in [-0.39, 0.29) is 25.0 Å². The summed E-state index contributed by atoms with van der Waals surface area (Å²) in [7, 11) is 0. The number of benzene rings is 2.